The Hall–Kier alpha value is -2.79. The van der Waals surface area contributed by atoms with Gasteiger partial charge in [-0.15, -0.1) is 17.8 Å². The maximum Gasteiger partial charge on any atom is 0.416 e. The average molecular weight is 420 g/mol. The Morgan fingerprint density at radius 3 is 2.52 bits per heavy atom. The van der Waals surface area contributed by atoms with E-state index >= 15 is 0 Å². The van der Waals surface area contributed by atoms with E-state index in [1.54, 1.807) is 17.5 Å². The molecule has 0 bridgehead atoms. The van der Waals surface area contributed by atoms with Crippen LogP contribution in [0.4, 0.5) is 18.9 Å². The molecular weight excluding hydrogens is 401 g/mol. The number of halogens is 3. The summed E-state index contributed by atoms with van der Waals surface area (Å²) in [6.45, 7) is 0. The molecule has 3 rings (SSSR count). The molecule has 1 aliphatic rings. The lowest BCUT2D eigenvalue weighted by Crippen LogP contribution is -2.45. The van der Waals surface area contributed by atoms with Crippen LogP contribution in [0.2, 0.25) is 0 Å². The van der Waals surface area contributed by atoms with Gasteiger partial charge in [0.1, 0.15) is 0 Å². The third kappa shape index (κ3) is 4.80. The third-order valence-electron chi connectivity index (χ3n) is 4.81. The molecule has 1 fully saturated rings. The molecular formula is C21H19F3N2O2S. The third-order valence-corrected chi connectivity index (χ3v) is 5.74. The van der Waals surface area contributed by atoms with E-state index in [-0.39, 0.29) is 11.7 Å². The lowest BCUT2D eigenvalue weighted by atomic mass is 10.1. The number of carbonyl (C=O) groups excluding carboxylic acids is 2. The fourth-order valence-corrected chi connectivity index (χ4v) is 4.27. The zero-order valence-corrected chi connectivity index (χ0v) is 16.2. The Morgan fingerprint density at radius 2 is 1.93 bits per heavy atom. The highest BCUT2D eigenvalue weighted by atomic mass is 32.1. The second-order valence-electron chi connectivity index (χ2n) is 6.78. The van der Waals surface area contributed by atoms with Crippen LogP contribution >= 0.6 is 11.3 Å². The summed E-state index contributed by atoms with van der Waals surface area (Å²) in [5.74, 6) is 0.600. The summed E-state index contributed by atoms with van der Waals surface area (Å²) in [6.07, 6.45) is 4.35. The van der Waals surface area contributed by atoms with E-state index in [0.717, 1.165) is 42.7 Å². The predicted molar refractivity (Wildman–Crippen MR) is 105 cm³/mol. The minimum Gasteiger partial charge on any atom is -0.351 e. The van der Waals surface area contributed by atoms with Crippen molar-refractivity contribution in [2.75, 3.05) is 4.90 Å². The summed E-state index contributed by atoms with van der Waals surface area (Å²) in [5.41, 5.74) is -1.01. The molecule has 29 heavy (non-hydrogen) atoms. The van der Waals surface area contributed by atoms with Crippen molar-refractivity contribution >= 4 is 28.8 Å². The van der Waals surface area contributed by atoms with Crippen molar-refractivity contribution in [3.8, 4) is 12.3 Å². The number of nitrogens with zero attached hydrogens (tertiary/aromatic N) is 1. The molecule has 8 heteroatoms. The van der Waals surface area contributed by atoms with E-state index in [9.17, 15) is 22.8 Å². The van der Waals surface area contributed by atoms with Gasteiger partial charge in [0.2, 0.25) is 5.91 Å². The second kappa shape index (κ2) is 8.70. The van der Waals surface area contributed by atoms with E-state index in [1.165, 1.54) is 23.5 Å². The second-order valence-corrected chi connectivity index (χ2v) is 7.75. The van der Waals surface area contributed by atoms with Gasteiger partial charge in [-0.3, -0.25) is 14.5 Å². The number of terminal acetylenes is 1. The first-order valence-corrected chi connectivity index (χ1v) is 10.00. The summed E-state index contributed by atoms with van der Waals surface area (Å²) in [7, 11) is 0. The molecule has 1 unspecified atom stereocenters. The summed E-state index contributed by atoms with van der Waals surface area (Å²) in [5, 5.41) is 4.66. The molecule has 1 atom stereocenters. The van der Waals surface area contributed by atoms with Crippen LogP contribution in [0.1, 0.15) is 42.2 Å². The van der Waals surface area contributed by atoms with Gasteiger partial charge in [0, 0.05) is 16.6 Å². The molecule has 1 N–H and O–H groups in total. The topological polar surface area (TPSA) is 49.4 Å². The summed E-state index contributed by atoms with van der Waals surface area (Å²) < 4.78 is 39.6. The Kier molecular flexibility index (Phi) is 6.28. The summed E-state index contributed by atoms with van der Waals surface area (Å²) in [4.78, 5) is 27.2. The van der Waals surface area contributed by atoms with Crippen LogP contribution in [0.5, 0.6) is 0 Å². The van der Waals surface area contributed by atoms with Gasteiger partial charge in [-0.1, -0.05) is 25.0 Å². The molecule has 1 aliphatic carbocycles. The van der Waals surface area contributed by atoms with Crippen molar-refractivity contribution in [3.05, 3.63) is 52.2 Å². The van der Waals surface area contributed by atoms with Crippen molar-refractivity contribution in [1.29, 1.82) is 0 Å². The van der Waals surface area contributed by atoms with E-state index in [0.29, 0.717) is 4.88 Å². The van der Waals surface area contributed by atoms with Crippen LogP contribution in [0.25, 0.3) is 0 Å². The highest BCUT2D eigenvalue weighted by Gasteiger charge is 2.36. The largest absolute Gasteiger partial charge is 0.416 e. The van der Waals surface area contributed by atoms with Crippen molar-refractivity contribution in [1.82, 2.24) is 5.32 Å². The van der Waals surface area contributed by atoms with Crippen LogP contribution in [-0.4, -0.2) is 17.9 Å². The number of alkyl halides is 3. The normalized spacial score (nSPS) is 15.5. The summed E-state index contributed by atoms with van der Waals surface area (Å²) >= 11 is 1.23. The Balaban J connectivity index is 2.04. The number of hydrogen-bond donors (Lipinski definition) is 1. The van der Waals surface area contributed by atoms with Crippen molar-refractivity contribution in [2.24, 2.45) is 0 Å². The minimum atomic E-state index is -4.59. The standard InChI is InChI=1S/C21H19F3N2O2S/c1-2-18(27)26(16-10-5-7-14(13-16)21(22,23)24)19(17-11-6-12-29-17)20(28)25-15-8-3-4-9-15/h1,5-7,10-13,15,19H,3-4,8-9H2,(H,25,28). The van der Waals surface area contributed by atoms with Gasteiger partial charge < -0.3 is 5.32 Å². The molecule has 4 nitrogen and oxygen atoms in total. The van der Waals surface area contributed by atoms with Crippen LogP contribution in [0, 0.1) is 12.3 Å². The predicted octanol–water partition coefficient (Wildman–Crippen LogP) is 4.53. The molecule has 2 aromatic rings. The zero-order chi connectivity index (χ0) is 21.0. The molecule has 1 heterocycles. The number of carbonyl (C=O) groups is 2. The first-order chi connectivity index (χ1) is 13.8. The van der Waals surface area contributed by atoms with Crippen molar-refractivity contribution in [2.45, 2.75) is 43.9 Å². The Labute approximate surface area is 170 Å². The number of anilines is 1. The Morgan fingerprint density at radius 1 is 1.21 bits per heavy atom. The van der Waals surface area contributed by atoms with E-state index in [4.69, 9.17) is 6.42 Å². The molecule has 0 radical (unpaired) electrons. The average Bonchev–Trinajstić information content (AvgIpc) is 3.39. The van der Waals surface area contributed by atoms with E-state index in [1.807, 2.05) is 5.92 Å². The molecule has 1 aromatic heterocycles. The molecule has 152 valence electrons. The van der Waals surface area contributed by atoms with Crippen molar-refractivity contribution in [3.63, 3.8) is 0 Å². The number of benzene rings is 1. The molecule has 0 aliphatic heterocycles. The van der Waals surface area contributed by atoms with Gasteiger partial charge >= 0.3 is 12.1 Å². The fourth-order valence-electron chi connectivity index (χ4n) is 3.46. The highest BCUT2D eigenvalue weighted by molar-refractivity contribution is 7.10. The fraction of sp³-hybridized carbons (Fsp3) is 0.333. The quantitative estimate of drug-likeness (QED) is 0.723. The van der Waals surface area contributed by atoms with Gasteiger partial charge in [0.05, 0.1) is 5.56 Å². The minimum absolute atomic E-state index is 0.0192. The van der Waals surface area contributed by atoms with Gasteiger partial charge in [0.25, 0.3) is 0 Å². The van der Waals surface area contributed by atoms with Crippen LogP contribution < -0.4 is 10.2 Å². The maximum atomic E-state index is 13.2. The van der Waals surface area contributed by atoms with Crippen molar-refractivity contribution < 1.29 is 22.8 Å². The van der Waals surface area contributed by atoms with Crippen LogP contribution in [-0.2, 0) is 15.8 Å². The number of amides is 2. The number of nitrogens with one attached hydrogen (secondary N) is 1. The molecule has 0 spiro atoms. The van der Waals surface area contributed by atoms with Crippen LogP contribution in [0.15, 0.2) is 41.8 Å². The first kappa shape index (κ1) is 20.9. The smallest absolute Gasteiger partial charge is 0.351 e. The number of rotatable bonds is 5. The van der Waals surface area contributed by atoms with Gasteiger partial charge in [-0.05, 0) is 48.4 Å². The van der Waals surface area contributed by atoms with E-state index < -0.39 is 29.6 Å². The van der Waals surface area contributed by atoms with Gasteiger partial charge in [0.15, 0.2) is 6.04 Å². The van der Waals surface area contributed by atoms with E-state index in [2.05, 4.69) is 5.32 Å². The lowest BCUT2D eigenvalue weighted by molar-refractivity contribution is -0.137. The number of hydrogen-bond acceptors (Lipinski definition) is 3. The highest BCUT2D eigenvalue weighted by Crippen LogP contribution is 2.35. The molecule has 0 saturated heterocycles. The first-order valence-electron chi connectivity index (χ1n) is 9.12. The van der Waals surface area contributed by atoms with Gasteiger partial charge in [-0.25, -0.2) is 0 Å². The van der Waals surface area contributed by atoms with Gasteiger partial charge in [-0.2, -0.15) is 13.2 Å². The zero-order valence-electron chi connectivity index (χ0n) is 15.4. The maximum absolute atomic E-state index is 13.2. The summed E-state index contributed by atoms with van der Waals surface area (Å²) in [6, 6.07) is 6.47. The van der Waals surface area contributed by atoms with Crippen LogP contribution in [0.3, 0.4) is 0 Å². The SMILES string of the molecule is C#CC(=O)N(c1cccc(C(F)(F)F)c1)C(C(=O)NC1CCCC1)c1cccs1. The monoisotopic (exact) mass is 420 g/mol. The lowest BCUT2D eigenvalue weighted by Gasteiger charge is -2.30. The number of thiophene rings is 1. The Bertz CT molecular complexity index is 913. The molecule has 2 amide bonds. The molecule has 1 aromatic carbocycles. The molecule has 1 saturated carbocycles.